The van der Waals surface area contributed by atoms with E-state index in [1.807, 2.05) is 13.8 Å². The van der Waals surface area contributed by atoms with Gasteiger partial charge in [-0.25, -0.2) is 4.98 Å². The van der Waals surface area contributed by atoms with E-state index in [1.54, 1.807) is 13.8 Å². The van der Waals surface area contributed by atoms with E-state index in [-0.39, 0.29) is 24.6 Å². The quantitative estimate of drug-likeness (QED) is 0.564. The molecule has 2 aromatic heterocycles. The average Bonchev–Trinajstić information content (AvgIpc) is 2.96. The summed E-state index contributed by atoms with van der Waals surface area (Å²) in [4.78, 5) is 47.5. The van der Waals surface area contributed by atoms with Crippen molar-refractivity contribution in [3.8, 4) is 0 Å². The Morgan fingerprint density at radius 3 is 2.72 bits per heavy atom. The van der Waals surface area contributed by atoms with Crippen molar-refractivity contribution in [2.24, 2.45) is 0 Å². The lowest BCUT2D eigenvalue weighted by atomic mass is 10.2. The van der Waals surface area contributed by atoms with Crippen LogP contribution in [0.5, 0.6) is 0 Å². The summed E-state index contributed by atoms with van der Waals surface area (Å²) in [6.45, 7) is 8.15. The number of hydrogen-bond donors (Lipinski definition) is 1. The fraction of sp³-hybridized carbons (Fsp3) is 0.579. The lowest BCUT2D eigenvalue weighted by Crippen LogP contribution is -2.42. The van der Waals surface area contributed by atoms with Crippen molar-refractivity contribution >= 4 is 45.2 Å². The summed E-state index contributed by atoms with van der Waals surface area (Å²) in [6, 6.07) is 0. The number of carbonyl (C=O) groups is 2. The molecule has 1 atom stereocenters. The Hall–Kier alpha value is -1.91. The highest BCUT2D eigenvalue weighted by molar-refractivity contribution is 7.99. The standard InChI is InChI=1S/C19H27N3O5S2/c1-6-27-15(23)9-22(7-8-26-5)19(25)13(4)28-10-14-20-17(24)16-11(2)12(3)29-18(16)21-14/h13H,6-10H2,1-5H3,(H,20,21,24). The summed E-state index contributed by atoms with van der Waals surface area (Å²) in [5.74, 6) is 0.272. The maximum absolute atomic E-state index is 12.8. The predicted molar refractivity (Wildman–Crippen MR) is 116 cm³/mol. The topological polar surface area (TPSA) is 102 Å². The number of nitrogens with zero attached hydrogens (tertiary/aromatic N) is 2. The maximum atomic E-state index is 12.8. The molecule has 2 heterocycles. The molecule has 1 N–H and O–H groups in total. The molecule has 1 unspecified atom stereocenters. The second-order valence-corrected chi connectivity index (χ2v) is 9.02. The lowest BCUT2D eigenvalue weighted by molar-refractivity contribution is -0.149. The number of hydrogen-bond acceptors (Lipinski definition) is 8. The van der Waals surface area contributed by atoms with Crippen LogP contribution in [0.4, 0.5) is 0 Å². The van der Waals surface area contributed by atoms with Crippen LogP contribution in [-0.2, 0) is 24.8 Å². The van der Waals surface area contributed by atoms with Crippen LogP contribution in [0.15, 0.2) is 4.79 Å². The number of carbonyl (C=O) groups excluding carboxylic acids is 2. The zero-order valence-corrected chi connectivity index (χ0v) is 19.0. The molecule has 0 spiro atoms. The minimum Gasteiger partial charge on any atom is -0.465 e. The third-order valence-electron chi connectivity index (χ3n) is 4.41. The van der Waals surface area contributed by atoms with Gasteiger partial charge >= 0.3 is 5.97 Å². The second kappa shape index (κ2) is 10.7. The summed E-state index contributed by atoms with van der Waals surface area (Å²) in [5.41, 5.74) is 0.796. The van der Waals surface area contributed by atoms with Crippen molar-refractivity contribution in [2.45, 2.75) is 38.7 Å². The summed E-state index contributed by atoms with van der Waals surface area (Å²) in [7, 11) is 1.54. The van der Waals surface area contributed by atoms with E-state index in [1.165, 1.54) is 35.1 Å². The molecule has 10 heteroatoms. The van der Waals surface area contributed by atoms with Gasteiger partial charge in [0, 0.05) is 18.5 Å². The van der Waals surface area contributed by atoms with Crippen LogP contribution < -0.4 is 5.56 Å². The highest BCUT2D eigenvalue weighted by atomic mass is 32.2. The Balaban J connectivity index is 2.06. The number of thiophene rings is 1. The fourth-order valence-corrected chi connectivity index (χ4v) is 4.62. The molecule has 0 aliphatic heterocycles. The first kappa shape index (κ1) is 23.4. The monoisotopic (exact) mass is 441 g/mol. The lowest BCUT2D eigenvalue weighted by Gasteiger charge is -2.24. The van der Waals surface area contributed by atoms with E-state index in [2.05, 4.69) is 9.97 Å². The molecule has 8 nitrogen and oxygen atoms in total. The number of fused-ring (bicyclic) bond motifs is 1. The third-order valence-corrected chi connectivity index (χ3v) is 6.65. The van der Waals surface area contributed by atoms with Gasteiger partial charge < -0.3 is 19.4 Å². The molecule has 0 saturated heterocycles. The Morgan fingerprint density at radius 2 is 2.07 bits per heavy atom. The van der Waals surface area contributed by atoms with Gasteiger partial charge in [-0.3, -0.25) is 14.4 Å². The van der Waals surface area contributed by atoms with Gasteiger partial charge in [-0.05, 0) is 33.3 Å². The minimum absolute atomic E-state index is 0.115. The molecule has 0 aliphatic rings. The fourth-order valence-electron chi connectivity index (χ4n) is 2.73. The maximum Gasteiger partial charge on any atom is 0.325 e. The van der Waals surface area contributed by atoms with Gasteiger partial charge in [0.05, 0.1) is 29.6 Å². The van der Waals surface area contributed by atoms with Crippen LogP contribution in [0.25, 0.3) is 10.2 Å². The summed E-state index contributed by atoms with van der Waals surface area (Å²) in [6.07, 6.45) is 0. The van der Waals surface area contributed by atoms with Crippen LogP contribution in [0, 0.1) is 13.8 Å². The zero-order valence-electron chi connectivity index (χ0n) is 17.4. The Kier molecular flexibility index (Phi) is 8.66. The molecule has 0 aromatic carbocycles. The predicted octanol–water partition coefficient (Wildman–Crippen LogP) is 2.26. The Labute approximate surface area is 178 Å². The zero-order chi connectivity index (χ0) is 21.6. The number of thioether (sulfide) groups is 1. The van der Waals surface area contributed by atoms with E-state index in [0.717, 1.165) is 10.4 Å². The number of amides is 1. The summed E-state index contributed by atoms with van der Waals surface area (Å²) >= 11 is 2.85. The summed E-state index contributed by atoms with van der Waals surface area (Å²) in [5, 5.41) is 0.208. The SMILES string of the molecule is CCOC(=O)CN(CCOC)C(=O)C(C)SCc1nc2sc(C)c(C)c2c(=O)[nH]1. The first-order chi connectivity index (χ1) is 13.8. The van der Waals surface area contributed by atoms with E-state index < -0.39 is 11.2 Å². The largest absolute Gasteiger partial charge is 0.465 e. The van der Waals surface area contributed by atoms with E-state index in [9.17, 15) is 14.4 Å². The van der Waals surface area contributed by atoms with Gasteiger partial charge in [-0.1, -0.05) is 0 Å². The van der Waals surface area contributed by atoms with Crippen molar-refractivity contribution < 1.29 is 19.1 Å². The highest BCUT2D eigenvalue weighted by Gasteiger charge is 2.24. The van der Waals surface area contributed by atoms with E-state index in [0.29, 0.717) is 34.9 Å². The van der Waals surface area contributed by atoms with Crippen LogP contribution in [0.3, 0.4) is 0 Å². The molecule has 0 fully saturated rings. The smallest absolute Gasteiger partial charge is 0.325 e. The van der Waals surface area contributed by atoms with Crippen molar-refractivity contribution in [2.75, 3.05) is 33.4 Å². The van der Waals surface area contributed by atoms with Crippen molar-refractivity contribution in [1.82, 2.24) is 14.9 Å². The van der Waals surface area contributed by atoms with Crippen LogP contribution >= 0.6 is 23.1 Å². The van der Waals surface area contributed by atoms with Crippen LogP contribution in [0.2, 0.25) is 0 Å². The van der Waals surface area contributed by atoms with Gasteiger partial charge in [-0.15, -0.1) is 23.1 Å². The van der Waals surface area contributed by atoms with Gasteiger partial charge in [0.2, 0.25) is 5.91 Å². The normalized spacial score (nSPS) is 12.2. The molecular weight excluding hydrogens is 414 g/mol. The molecule has 0 radical (unpaired) electrons. The number of ether oxygens (including phenoxy) is 2. The van der Waals surface area contributed by atoms with Gasteiger partial charge in [0.15, 0.2) is 0 Å². The van der Waals surface area contributed by atoms with Crippen molar-refractivity contribution in [1.29, 1.82) is 0 Å². The Bertz CT molecular complexity index is 924. The molecule has 160 valence electrons. The average molecular weight is 442 g/mol. The van der Waals surface area contributed by atoms with E-state index >= 15 is 0 Å². The summed E-state index contributed by atoms with van der Waals surface area (Å²) < 4.78 is 9.99. The van der Waals surface area contributed by atoms with Crippen molar-refractivity contribution in [3.05, 3.63) is 26.6 Å². The van der Waals surface area contributed by atoms with Crippen molar-refractivity contribution in [3.63, 3.8) is 0 Å². The Morgan fingerprint density at radius 1 is 1.34 bits per heavy atom. The number of H-pyrrole nitrogens is 1. The molecule has 0 saturated carbocycles. The van der Waals surface area contributed by atoms with Crippen LogP contribution in [0.1, 0.15) is 30.1 Å². The third kappa shape index (κ3) is 6.03. The van der Waals surface area contributed by atoms with E-state index in [4.69, 9.17) is 9.47 Å². The molecular formula is C19H27N3O5S2. The first-order valence-electron chi connectivity index (χ1n) is 9.32. The van der Waals surface area contributed by atoms with Gasteiger partial charge in [0.25, 0.3) is 5.56 Å². The highest BCUT2D eigenvalue weighted by Crippen LogP contribution is 2.26. The van der Waals surface area contributed by atoms with Crippen LogP contribution in [-0.4, -0.2) is 65.4 Å². The molecule has 29 heavy (non-hydrogen) atoms. The molecule has 1 amide bonds. The molecule has 2 aromatic rings. The number of esters is 1. The van der Waals surface area contributed by atoms with Gasteiger partial charge in [-0.2, -0.15) is 0 Å². The minimum atomic E-state index is -0.450. The second-order valence-electron chi connectivity index (χ2n) is 6.49. The number of nitrogens with one attached hydrogen (secondary N) is 1. The van der Waals surface area contributed by atoms with Gasteiger partial charge in [0.1, 0.15) is 17.2 Å². The molecule has 0 aliphatic carbocycles. The number of aromatic nitrogens is 2. The number of methoxy groups -OCH3 is 1. The number of aryl methyl sites for hydroxylation is 2. The molecule has 0 bridgehead atoms. The number of rotatable bonds is 10. The first-order valence-corrected chi connectivity index (χ1v) is 11.2. The molecule has 2 rings (SSSR count). The number of aromatic amines is 1.